The molecule has 0 spiro atoms. The molecule has 2 N–H and O–H groups in total. The van der Waals surface area contributed by atoms with Crippen molar-refractivity contribution in [3.63, 3.8) is 0 Å². The Hall–Kier alpha value is -1.72. The van der Waals surface area contributed by atoms with Gasteiger partial charge < -0.3 is 15.4 Å². The van der Waals surface area contributed by atoms with Gasteiger partial charge in [-0.1, -0.05) is 6.07 Å². The van der Waals surface area contributed by atoms with Crippen LogP contribution in [0.25, 0.3) is 10.9 Å². The molecule has 0 aliphatic carbocycles. The molecule has 0 saturated carbocycles. The van der Waals surface area contributed by atoms with E-state index < -0.39 is 0 Å². The van der Waals surface area contributed by atoms with Crippen LogP contribution in [0.3, 0.4) is 0 Å². The van der Waals surface area contributed by atoms with Gasteiger partial charge in [-0.15, -0.1) is 0 Å². The van der Waals surface area contributed by atoms with Crippen LogP contribution in [-0.2, 0) is 4.74 Å². The largest absolute Gasteiger partial charge is 0.382 e. The zero-order chi connectivity index (χ0) is 14.2. The van der Waals surface area contributed by atoms with Gasteiger partial charge in [0.2, 0.25) is 0 Å². The predicted molar refractivity (Wildman–Crippen MR) is 87.1 cm³/mol. The average Bonchev–Trinajstić information content (AvgIpc) is 2.47. The molecule has 0 radical (unpaired) electrons. The van der Waals surface area contributed by atoms with Crippen molar-refractivity contribution in [1.29, 1.82) is 0 Å². The number of hydrogen-bond donors (Lipinski definition) is 2. The second-order valence-corrected chi connectivity index (χ2v) is 4.75. The van der Waals surface area contributed by atoms with Gasteiger partial charge in [0.15, 0.2) is 5.11 Å². The zero-order valence-electron chi connectivity index (χ0n) is 11.6. The fourth-order valence-electron chi connectivity index (χ4n) is 1.85. The third-order valence-corrected chi connectivity index (χ3v) is 3.06. The molecule has 0 aliphatic heterocycles. The highest BCUT2D eigenvalue weighted by molar-refractivity contribution is 7.80. The molecule has 4 nitrogen and oxygen atoms in total. The second kappa shape index (κ2) is 7.77. The fourth-order valence-corrected chi connectivity index (χ4v) is 2.07. The smallest absolute Gasteiger partial charge is 0.170 e. The molecule has 1 heterocycles. The Balaban J connectivity index is 1.83. The van der Waals surface area contributed by atoms with E-state index in [4.69, 9.17) is 17.0 Å². The van der Waals surface area contributed by atoms with Gasteiger partial charge >= 0.3 is 0 Å². The molecule has 106 valence electrons. The molecule has 0 fully saturated rings. The van der Waals surface area contributed by atoms with Gasteiger partial charge in [-0.25, -0.2) is 0 Å². The average molecular weight is 289 g/mol. The van der Waals surface area contributed by atoms with E-state index in [-0.39, 0.29) is 0 Å². The minimum Gasteiger partial charge on any atom is -0.382 e. The SMILES string of the molecule is CCOCCCNC(=S)Nc1ccc2ncccc2c1. The molecule has 20 heavy (non-hydrogen) atoms. The first-order valence-electron chi connectivity index (χ1n) is 6.77. The van der Waals surface area contributed by atoms with Crippen molar-refractivity contribution in [3.05, 3.63) is 36.5 Å². The quantitative estimate of drug-likeness (QED) is 0.632. The zero-order valence-corrected chi connectivity index (χ0v) is 12.4. The molecule has 2 rings (SSSR count). The number of aromatic nitrogens is 1. The fraction of sp³-hybridized carbons (Fsp3) is 0.333. The molecule has 0 saturated heterocycles. The third-order valence-electron chi connectivity index (χ3n) is 2.82. The van der Waals surface area contributed by atoms with Crippen LogP contribution in [0.2, 0.25) is 0 Å². The first-order chi connectivity index (χ1) is 9.79. The van der Waals surface area contributed by atoms with E-state index in [0.717, 1.165) is 42.8 Å². The van der Waals surface area contributed by atoms with Crippen LogP contribution in [-0.4, -0.2) is 29.9 Å². The number of thiocarbonyl (C=S) groups is 1. The van der Waals surface area contributed by atoms with Gasteiger partial charge in [-0.3, -0.25) is 4.98 Å². The van der Waals surface area contributed by atoms with Crippen molar-refractivity contribution in [2.24, 2.45) is 0 Å². The number of anilines is 1. The summed E-state index contributed by atoms with van der Waals surface area (Å²) >= 11 is 5.26. The third kappa shape index (κ3) is 4.43. The van der Waals surface area contributed by atoms with Crippen LogP contribution in [0.5, 0.6) is 0 Å². The predicted octanol–water partition coefficient (Wildman–Crippen LogP) is 2.95. The molecule has 0 aliphatic rings. The Morgan fingerprint density at radius 3 is 3.10 bits per heavy atom. The summed E-state index contributed by atoms with van der Waals surface area (Å²) in [4.78, 5) is 4.29. The van der Waals surface area contributed by atoms with Crippen molar-refractivity contribution in [2.45, 2.75) is 13.3 Å². The molecule has 0 bridgehead atoms. The van der Waals surface area contributed by atoms with Gasteiger partial charge in [-0.05, 0) is 49.8 Å². The van der Waals surface area contributed by atoms with Crippen LogP contribution in [0.15, 0.2) is 36.5 Å². The van der Waals surface area contributed by atoms with E-state index in [1.54, 1.807) is 6.20 Å². The minimum atomic E-state index is 0.629. The lowest BCUT2D eigenvalue weighted by Gasteiger charge is -2.11. The first-order valence-corrected chi connectivity index (χ1v) is 7.18. The van der Waals surface area contributed by atoms with E-state index >= 15 is 0 Å². The Bertz CT molecular complexity index is 574. The summed E-state index contributed by atoms with van der Waals surface area (Å²) in [6, 6.07) is 9.96. The number of ether oxygens (including phenoxy) is 1. The number of hydrogen-bond acceptors (Lipinski definition) is 3. The van der Waals surface area contributed by atoms with Gasteiger partial charge in [0.25, 0.3) is 0 Å². The number of pyridine rings is 1. The minimum absolute atomic E-state index is 0.629. The standard InChI is InChI=1S/C15H19N3OS/c1-2-19-10-4-9-17-15(20)18-13-6-7-14-12(11-13)5-3-8-16-14/h3,5-8,11H,2,4,9-10H2,1H3,(H2,17,18,20). The van der Waals surface area contributed by atoms with Crippen molar-refractivity contribution in [2.75, 3.05) is 25.1 Å². The number of nitrogens with zero attached hydrogens (tertiary/aromatic N) is 1. The maximum absolute atomic E-state index is 5.27. The molecule has 1 aromatic heterocycles. The van der Waals surface area contributed by atoms with E-state index in [2.05, 4.69) is 15.6 Å². The van der Waals surface area contributed by atoms with Crippen molar-refractivity contribution in [3.8, 4) is 0 Å². The van der Waals surface area contributed by atoms with E-state index in [1.807, 2.05) is 37.3 Å². The maximum atomic E-state index is 5.27. The summed E-state index contributed by atoms with van der Waals surface area (Å²) in [7, 11) is 0. The number of benzene rings is 1. The highest BCUT2D eigenvalue weighted by Gasteiger charge is 1.99. The van der Waals surface area contributed by atoms with Gasteiger partial charge in [-0.2, -0.15) is 0 Å². The molecule has 0 amide bonds. The highest BCUT2D eigenvalue weighted by Crippen LogP contribution is 2.16. The summed E-state index contributed by atoms with van der Waals surface area (Å²) in [6.07, 6.45) is 2.73. The molecule has 1 aromatic carbocycles. The van der Waals surface area contributed by atoms with Gasteiger partial charge in [0, 0.05) is 37.0 Å². The number of fused-ring (bicyclic) bond motifs is 1. The lowest BCUT2D eigenvalue weighted by molar-refractivity contribution is 0.146. The lowest BCUT2D eigenvalue weighted by atomic mass is 10.2. The normalized spacial score (nSPS) is 10.4. The topological polar surface area (TPSA) is 46.2 Å². The molecule has 2 aromatic rings. The Kier molecular flexibility index (Phi) is 5.70. The number of rotatable bonds is 6. The summed E-state index contributed by atoms with van der Waals surface area (Å²) in [5.41, 5.74) is 1.95. The molecule has 5 heteroatoms. The van der Waals surface area contributed by atoms with E-state index in [1.165, 1.54) is 0 Å². The summed E-state index contributed by atoms with van der Waals surface area (Å²) < 4.78 is 5.27. The molecular weight excluding hydrogens is 270 g/mol. The molecule has 0 unspecified atom stereocenters. The van der Waals surface area contributed by atoms with Crippen LogP contribution < -0.4 is 10.6 Å². The van der Waals surface area contributed by atoms with Crippen LogP contribution in [0.4, 0.5) is 5.69 Å². The van der Waals surface area contributed by atoms with Gasteiger partial charge in [0.1, 0.15) is 0 Å². The van der Waals surface area contributed by atoms with Gasteiger partial charge in [0.05, 0.1) is 5.52 Å². The van der Waals surface area contributed by atoms with Crippen molar-refractivity contribution < 1.29 is 4.74 Å². The van der Waals surface area contributed by atoms with E-state index in [0.29, 0.717) is 5.11 Å². The monoisotopic (exact) mass is 289 g/mol. The van der Waals surface area contributed by atoms with Crippen LogP contribution in [0, 0.1) is 0 Å². The second-order valence-electron chi connectivity index (χ2n) is 4.34. The Morgan fingerprint density at radius 1 is 1.35 bits per heavy atom. The first kappa shape index (κ1) is 14.7. The lowest BCUT2D eigenvalue weighted by Crippen LogP contribution is -2.29. The highest BCUT2D eigenvalue weighted by atomic mass is 32.1. The summed E-state index contributed by atoms with van der Waals surface area (Å²) in [5, 5.41) is 8.06. The van der Waals surface area contributed by atoms with E-state index in [9.17, 15) is 0 Å². The maximum Gasteiger partial charge on any atom is 0.170 e. The number of nitrogens with one attached hydrogen (secondary N) is 2. The molecular formula is C15H19N3OS. The summed E-state index contributed by atoms with van der Waals surface area (Å²) in [5.74, 6) is 0. The Morgan fingerprint density at radius 2 is 2.25 bits per heavy atom. The van der Waals surface area contributed by atoms with Crippen LogP contribution in [0.1, 0.15) is 13.3 Å². The van der Waals surface area contributed by atoms with Crippen molar-refractivity contribution >= 4 is 33.9 Å². The van der Waals surface area contributed by atoms with Crippen molar-refractivity contribution in [1.82, 2.24) is 10.3 Å². The van der Waals surface area contributed by atoms with Crippen LogP contribution >= 0.6 is 12.2 Å². The molecule has 0 atom stereocenters. The summed E-state index contributed by atoms with van der Waals surface area (Å²) in [6.45, 7) is 4.32. The Labute approximate surface area is 124 Å².